The van der Waals surface area contributed by atoms with Gasteiger partial charge in [-0.2, -0.15) is 0 Å². The van der Waals surface area contributed by atoms with E-state index in [0.29, 0.717) is 16.9 Å². The Morgan fingerprint density at radius 2 is 0.969 bits per heavy atom. The molecule has 8 saturated carbocycles. The van der Waals surface area contributed by atoms with E-state index in [1.165, 1.54) is 82.6 Å². The van der Waals surface area contributed by atoms with Crippen LogP contribution in [0.4, 0.5) is 0 Å². The van der Waals surface area contributed by atoms with Crippen molar-refractivity contribution >= 4 is 10.8 Å². The molecule has 0 amide bonds. The monoisotopic (exact) mass is 428 g/mol. The summed E-state index contributed by atoms with van der Waals surface area (Å²) in [6, 6.07) is 8.03. The molecule has 8 fully saturated rings. The number of aromatic hydroxyl groups is 2. The Kier molecular flexibility index (Phi) is 3.53. The lowest BCUT2D eigenvalue weighted by atomic mass is 9.44. The SMILES string of the molecule is Oc1ccc(O)c2c(C34CC5CC(CC(C5)C3)C4)c(C34CC5CC(CC(C5)C3)C4)ccc12. The zero-order valence-corrected chi connectivity index (χ0v) is 19.2. The Balaban J connectivity index is 1.41. The Bertz CT molecular complexity index is 1060. The molecule has 0 radical (unpaired) electrons. The van der Waals surface area contributed by atoms with Gasteiger partial charge in [0.1, 0.15) is 11.5 Å². The third-order valence-electron chi connectivity index (χ3n) is 11.3. The molecule has 2 heteroatoms. The van der Waals surface area contributed by atoms with Crippen LogP contribution in [0.5, 0.6) is 11.5 Å². The van der Waals surface area contributed by atoms with Gasteiger partial charge in [-0.3, -0.25) is 0 Å². The maximum atomic E-state index is 11.3. The quantitative estimate of drug-likeness (QED) is 0.497. The van der Waals surface area contributed by atoms with Crippen molar-refractivity contribution in [2.75, 3.05) is 0 Å². The lowest BCUT2D eigenvalue weighted by Gasteiger charge is -2.61. The van der Waals surface area contributed by atoms with Crippen molar-refractivity contribution < 1.29 is 10.2 Å². The van der Waals surface area contributed by atoms with Gasteiger partial charge in [-0.1, -0.05) is 12.1 Å². The summed E-state index contributed by atoms with van der Waals surface area (Å²) < 4.78 is 0. The Hall–Kier alpha value is -1.70. The van der Waals surface area contributed by atoms with E-state index in [0.717, 1.165) is 46.3 Å². The van der Waals surface area contributed by atoms with E-state index < -0.39 is 0 Å². The molecule has 0 spiro atoms. The minimum Gasteiger partial charge on any atom is -0.507 e. The molecular formula is C30H36O2. The van der Waals surface area contributed by atoms with Gasteiger partial charge >= 0.3 is 0 Å². The van der Waals surface area contributed by atoms with Crippen LogP contribution in [-0.4, -0.2) is 10.2 Å². The molecule has 0 saturated heterocycles. The van der Waals surface area contributed by atoms with Crippen molar-refractivity contribution in [1.82, 2.24) is 0 Å². The molecule has 8 aliphatic carbocycles. The van der Waals surface area contributed by atoms with Crippen LogP contribution in [0, 0.1) is 35.5 Å². The molecule has 168 valence electrons. The van der Waals surface area contributed by atoms with Crippen LogP contribution in [0.1, 0.15) is 88.2 Å². The van der Waals surface area contributed by atoms with Gasteiger partial charge in [0.15, 0.2) is 0 Å². The molecule has 0 heterocycles. The topological polar surface area (TPSA) is 40.5 Å². The molecule has 8 aliphatic rings. The van der Waals surface area contributed by atoms with Crippen LogP contribution < -0.4 is 0 Å². The highest BCUT2D eigenvalue weighted by Crippen LogP contribution is 2.67. The largest absolute Gasteiger partial charge is 0.507 e. The molecule has 0 aromatic heterocycles. The van der Waals surface area contributed by atoms with Crippen LogP contribution in [-0.2, 0) is 10.8 Å². The average Bonchev–Trinajstić information content (AvgIpc) is 2.74. The first-order valence-corrected chi connectivity index (χ1v) is 13.5. The fraction of sp³-hybridized carbons (Fsp3) is 0.667. The smallest absolute Gasteiger partial charge is 0.123 e. The fourth-order valence-corrected chi connectivity index (χ4v) is 11.3. The summed E-state index contributed by atoms with van der Waals surface area (Å²) in [4.78, 5) is 0. The highest BCUT2D eigenvalue weighted by atomic mass is 16.3. The Morgan fingerprint density at radius 1 is 0.531 bits per heavy atom. The Labute approximate surface area is 191 Å². The van der Waals surface area contributed by atoms with Crippen molar-refractivity contribution in [3.8, 4) is 11.5 Å². The van der Waals surface area contributed by atoms with Crippen LogP contribution in [0.2, 0.25) is 0 Å². The molecule has 0 unspecified atom stereocenters. The number of benzene rings is 2. The van der Waals surface area contributed by atoms with Gasteiger partial charge in [0.25, 0.3) is 0 Å². The highest BCUT2D eigenvalue weighted by molar-refractivity contribution is 5.97. The summed E-state index contributed by atoms with van der Waals surface area (Å²) in [6.07, 6.45) is 16.7. The van der Waals surface area contributed by atoms with Crippen molar-refractivity contribution in [1.29, 1.82) is 0 Å². The summed E-state index contributed by atoms with van der Waals surface area (Å²) in [5.74, 6) is 6.10. The fourth-order valence-electron chi connectivity index (χ4n) is 11.3. The minimum absolute atomic E-state index is 0.220. The summed E-state index contributed by atoms with van der Waals surface area (Å²) in [5, 5.41) is 24.0. The maximum Gasteiger partial charge on any atom is 0.123 e. The molecule has 2 aromatic rings. The standard InChI is InChI=1S/C30H36O2/c31-25-3-4-26(32)27-23(25)1-2-24(29-11-17-5-18(12-29)7-19(6-17)13-29)28(27)30-14-20-8-21(15-30)10-22(9-20)16-30/h1-4,17-22,31-32H,5-16H2. The van der Waals surface area contributed by atoms with E-state index in [1.54, 1.807) is 17.7 Å². The van der Waals surface area contributed by atoms with Crippen LogP contribution in [0.3, 0.4) is 0 Å². The van der Waals surface area contributed by atoms with E-state index in [9.17, 15) is 10.2 Å². The molecule has 8 bridgehead atoms. The van der Waals surface area contributed by atoms with E-state index in [1.807, 2.05) is 0 Å². The lowest BCUT2D eigenvalue weighted by Crippen LogP contribution is -2.52. The van der Waals surface area contributed by atoms with Crippen molar-refractivity contribution in [3.05, 3.63) is 35.4 Å². The van der Waals surface area contributed by atoms with Gasteiger partial charge in [-0.15, -0.1) is 0 Å². The second-order valence-electron chi connectivity index (χ2n) is 13.4. The van der Waals surface area contributed by atoms with E-state index >= 15 is 0 Å². The van der Waals surface area contributed by atoms with Gasteiger partial charge in [0, 0.05) is 10.8 Å². The number of phenols is 2. The Morgan fingerprint density at radius 3 is 1.47 bits per heavy atom. The second kappa shape index (κ2) is 6.05. The second-order valence-corrected chi connectivity index (χ2v) is 13.4. The third kappa shape index (κ3) is 2.37. The average molecular weight is 429 g/mol. The number of phenolic OH excluding ortho intramolecular Hbond substituents is 2. The summed E-state index contributed by atoms with van der Waals surface area (Å²) in [7, 11) is 0. The summed E-state index contributed by atoms with van der Waals surface area (Å²) in [6.45, 7) is 0. The van der Waals surface area contributed by atoms with Gasteiger partial charge in [0.05, 0.1) is 0 Å². The first kappa shape index (κ1) is 18.7. The molecule has 32 heavy (non-hydrogen) atoms. The van der Waals surface area contributed by atoms with Crippen LogP contribution >= 0.6 is 0 Å². The molecule has 10 rings (SSSR count). The van der Waals surface area contributed by atoms with Crippen LogP contribution in [0.15, 0.2) is 24.3 Å². The number of hydrogen-bond acceptors (Lipinski definition) is 2. The van der Waals surface area contributed by atoms with Crippen molar-refractivity contribution in [2.24, 2.45) is 35.5 Å². The van der Waals surface area contributed by atoms with E-state index in [2.05, 4.69) is 12.1 Å². The lowest BCUT2D eigenvalue weighted by molar-refractivity contribution is -0.0169. The number of rotatable bonds is 2. The van der Waals surface area contributed by atoms with E-state index in [-0.39, 0.29) is 5.41 Å². The third-order valence-corrected chi connectivity index (χ3v) is 11.3. The predicted octanol–water partition coefficient (Wildman–Crippen LogP) is 7.19. The first-order valence-electron chi connectivity index (χ1n) is 13.5. The van der Waals surface area contributed by atoms with Crippen molar-refractivity contribution in [3.63, 3.8) is 0 Å². The first-order chi connectivity index (χ1) is 15.5. The van der Waals surface area contributed by atoms with E-state index in [4.69, 9.17) is 0 Å². The number of hydrogen-bond donors (Lipinski definition) is 2. The maximum absolute atomic E-state index is 11.3. The molecule has 0 atom stereocenters. The van der Waals surface area contributed by atoms with Gasteiger partial charge in [-0.05, 0) is 147 Å². The molecule has 0 aliphatic heterocycles. The van der Waals surface area contributed by atoms with Crippen LogP contribution in [0.25, 0.3) is 10.8 Å². The molecule has 2 N–H and O–H groups in total. The molecular weight excluding hydrogens is 392 g/mol. The number of fused-ring (bicyclic) bond motifs is 1. The molecule has 2 aromatic carbocycles. The highest BCUT2D eigenvalue weighted by Gasteiger charge is 2.57. The van der Waals surface area contributed by atoms with Gasteiger partial charge in [0.2, 0.25) is 0 Å². The zero-order chi connectivity index (χ0) is 21.2. The van der Waals surface area contributed by atoms with Gasteiger partial charge < -0.3 is 10.2 Å². The summed E-state index contributed by atoms with van der Waals surface area (Å²) >= 11 is 0. The summed E-state index contributed by atoms with van der Waals surface area (Å²) in [5.41, 5.74) is 3.65. The van der Waals surface area contributed by atoms with Gasteiger partial charge in [-0.25, -0.2) is 0 Å². The molecule has 2 nitrogen and oxygen atoms in total. The predicted molar refractivity (Wildman–Crippen MR) is 127 cm³/mol. The van der Waals surface area contributed by atoms with Crippen molar-refractivity contribution in [2.45, 2.75) is 87.9 Å². The zero-order valence-electron chi connectivity index (χ0n) is 19.2. The minimum atomic E-state index is 0.220. The normalized spacial score (nSPS) is 45.8.